The molecule has 3 N–H and O–H groups in total. The van der Waals surface area contributed by atoms with E-state index in [1.807, 2.05) is 18.2 Å². The minimum atomic E-state index is -0.358. The number of hydrogen-bond acceptors (Lipinski definition) is 2. The van der Waals surface area contributed by atoms with Crippen LogP contribution >= 0.6 is 0 Å². The fraction of sp³-hybridized carbons (Fsp3) is 0.562. The summed E-state index contributed by atoms with van der Waals surface area (Å²) in [6, 6.07) is 7.53. The Bertz CT molecular complexity index is 411. The Hall–Kier alpha value is -1.35. The SMILES string of the molecule is NC(=O)c1cccc(CNCCCC2CCCC2)c1. The third kappa shape index (κ3) is 4.67. The quantitative estimate of drug-likeness (QED) is 0.741. The van der Waals surface area contributed by atoms with Crippen LogP contribution in [-0.4, -0.2) is 12.5 Å². The molecule has 0 atom stereocenters. The Kier molecular flexibility index (Phi) is 5.40. The first kappa shape index (κ1) is 14.1. The maximum atomic E-state index is 11.1. The molecule has 1 aliphatic carbocycles. The van der Waals surface area contributed by atoms with E-state index in [9.17, 15) is 4.79 Å². The molecule has 0 spiro atoms. The number of primary amides is 1. The average molecular weight is 260 g/mol. The molecule has 0 unspecified atom stereocenters. The zero-order valence-corrected chi connectivity index (χ0v) is 11.5. The first-order valence-electron chi connectivity index (χ1n) is 7.35. The van der Waals surface area contributed by atoms with Gasteiger partial charge >= 0.3 is 0 Å². The molecule has 1 aromatic rings. The van der Waals surface area contributed by atoms with Gasteiger partial charge in [-0.2, -0.15) is 0 Å². The van der Waals surface area contributed by atoms with Crippen molar-refractivity contribution < 1.29 is 4.79 Å². The van der Waals surface area contributed by atoms with E-state index in [1.165, 1.54) is 38.5 Å². The molecular formula is C16H24N2O. The van der Waals surface area contributed by atoms with Crippen molar-refractivity contribution in [2.45, 2.75) is 45.1 Å². The second kappa shape index (κ2) is 7.29. The van der Waals surface area contributed by atoms with Crippen LogP contribution in [0.4, 0.5) is 0 Å². The van der Waals surface area contributed by atoms with Crippen molar-refractivity contribution in [3.8, 4) is 0 Å². The van der Waals surface area contributed by atoms with Crippen LogP contribution in [0, 0.1) is 5.92 Å². The van der Waals surface area contributed by atoms with Gasteiger partial charge in [-0.25, -0.2) is 0 Å². The highest BCUT2D eigenvalue weighted by Gasteiger charge is 2.13. The van der Waals surface area contributed by atoms with E-state index in [0.29, 0.717) is 5.56 Å². The highest BCUT2D eigenvalue weighted by atomic mass is 16.1. The first-order valence-corrected chi connectivity index (χ1v) is 7.35. The van der Waals surface area contributed by atoms with Gasteiger partial charge in [-0.1, -0.05) is 37.8 Å². The second-order valence-electron chi connectivity index (χ2n) is 5.53. The first-order chi connectivity index (χ1) is 9.25. The number of nitrogens with one attached hydrogen (secondary N) is 1. The van der Waals surface area contributed by atoms with Crippen molar-refractivity contribution in [2.75, 3.05) is 6.54 Å². The molecule has 3 nitrogen and oxygen atoms in total. The summed E-state index contributed by atoms with van der Waals surface area (Å²) in [4.78, 5) is 11.1. The van der Waals surface area contributed by atoms with Crippen LogP contribution in [0.3, 0.4) is 0 Å². The van der Waals surface area contributed by atoms with Gasteiger partial charge in [0.1, 0.15) is 0 Å². The highest BCUT2D eigenvalue weighted by molar-refractivity contribution is 5.92. The Morgan fingerprint density at radius 1 is 1.32 bits per heavy atom. The van der Waals surface area contributed by atoms with Gasteiger partial charge in [0.25, 0.3) is 0 Å². The lowest BCUT2D eigenvalue weighted by Crippen LogP contribution is -2.16. The van der Waals surface area contributed by atoms with Gasteiger partial charge in [0, 0.05) is 12.1 Å². The second-order valence-corrected chi connectivity index (χ2v) is 5.53. The summed E-state index contributed by atoms with van der Waals surface area (Å²) in [5.41, 5.74) is 6.98. The van der Waals surface area contributed by atoms with Gasteiger partial charge in [0.05, 0.1) is 0 Å². The van der Waals surface area contributed by atoms with Crippen LogP contribution in [0.2, 0.25) is 0 Å². The molecule has 0 radical (unpaired) electrons. The minimum Gasteiger partial charge on any atom is -0.366 e. The molecule has 1 saturated carbocycles. The molecule has 3 heteroatoms. The zero-order valence-electron chi connectivity index (χ0n) is 11.5. The molecule has 0 bridgehead atoms. The predicted octanol–water partition coefficient (Wildman–Crippen LogP) is 2.85. The molecule has 104 valence electrons. The van der Waals surface area contributed by atoms with E-state index in [2.05, 4.69) is 5.32 Å². The fourth-order valence-corrected chi connectivity index (χ4v) is 2.88. The van der Waals surface area contributed by atoms with E-state index in [4.69, 9.17) is 5.73 Å². The Morgan fingerprint density at radius 2 is 2.11 bits per heavy atom. The standard InChI is InChI=1S/C16H24N2O/c17-16(19)15-9-3-7-14(11-15)12-18-10-4-8-13-5-1-2-6-13/h3,7,9,11,13,18H,1-2,4-6,8,10,12H2,(H2,17,19). The van der Waals surface area contributed by atoms with Gasteiger partial charge in [-0.05, 0) is 43.0 Å². The fourth-order valence-electron chi connectivity index (χ4n) is 2.88. The Balaban J connectivity index is 1.64. The number of benzene rings is 1. The van der Waals surface area contributed by atoms with Crippen LogP contribution in [0.5, 0.6) is 0 Å². The molecule has 2 rings (SSSR count). The molecule has 0 heterocycles. The number of hydrogen-bond donors (Lipinski definition) is 2. The summed E-state index contributed by atoms with van der Waals surface area (Å²) in [7, 11) is 0. The van der Waals surface area contributed by atoms with Crippen LogP contribution in [0.1, 0.15) is 54.4 Å². The highest BCUT2D eigenvalue weighted by Crippen LogP contribution is 2.28. The number of nitrogens with two attached hydrogens (primary N) is 1. The summed E-state index contributed by atoms with van der Waals surface area (Å²) in [6.07, 6.45) is 8.33. The third-order valence-corrected chi connectivity index (χ3v) is 3.98. The van der Waals surface area contributed by atoms with Crippen LogP contribution in [0.25, 0.3) is 0 Å². The number of amides is 1. The topological polar surface area (TPSA) is 55.1 Å². The predicted molar refractivity (Wildman–Crippen MR) is 77.9 cm³/mol. The zero-order chi connectivity index (χ0) is 13.5. The van der Waals surface area contributed by atoms with E-state index in [1.54, 1.807) is 6.07 Å². The maximum Gasteiger partial charge on any atom is 0.248 e. The summed E-state index contributed by atoms with van der Waals surface area (Å²) >= 11 is 0. The Morgan fingerprint density at radius 3 is 2.84 bits per heavy atom. The van der Waals surface area contributed by atoms with Crippen molar-refractivity contribution in [1.29, 1.82) is 0 Å². The van der Waals surface area contributed by atoms with Crippen molar-refractivity contribution in [3.05, 3.63) is 35.4 Å². The number of rotatable bonds is 7. The number of carbonyl (C=O) groups excluding carboxylic acids is 1. The molecule has 1 fully saturated rings. The smallest absolute Gasteiger partial charge is 0.248 e. The minimum absolute atomic E-state index is 0.358. The lowest BCUT2D eigenvalue weighted by molar-refractivity contribution is 0.1000. The third-order valence-electron chi connectivity index (χ3n) is 3.98. The molecule has 0 aromatic heterocycles. The van der Waals surface area contributed by atoms with E-state index >= 15 is 0 Å². The van der Waals surface area contributed by atoms with E-state index in [-0.39, 0.29) is 5.91 Å². The average Bonchev–Trinajstić information content (AvgIpc) is 2.92. The van der Waals surface area contributed by atoms with Gasteiger partial charge in [-0.3, -0.25) is 4.79 Å². The molecule has 19 heavy (non-hydrogen) atoms. The van der Waals surface area contributed by atoms with Crippen molar-refractivity contribution in [2.24, 2.45) is 11.7 Å². The van der Waals surface area contributed by atoms with Gasteiger partial charge in [0.15, 0.2) is 0 Å². The summed E-state index contributed by atoms with van der Waals surface area (Å²) < 4.78 is 0. The molecule has 0 aliphatic heterocycles. The molecule has 1 amide bonds. The van der Waals surface area contributed by atoms with Gasteiger partial charge < -0.3 is 11.1 Å². The maximum absolute atomic E-state index is 11.1. The van der Waals surface area contributed by atoms with Gasteiger partial charge in [-0.15, -0.1) is 0 Å². The molecule has 1 aromatic carbocycles. The number of carbonyl (C=O) groups is 1. The lowest BCUT2D eigenvalue weighted by Gasteiger charge is -2.09. The molecule has 0 saturated heterocycles. The monoisotopic (exact) mass is 260 g/mol. The lowest BCUT2D eigenvalue weighted by atomic mass is 10.0. The van der Waals surface area contributed by atoms with Crippen molar-refractivity contribution in [1.82, 2.24) is 5.32 Å². The normalized spacial score (nSPS) is 15.8. The Labute approximate surface area is 115 Å². The van der Waals surface area contributed by atoms with Crippen LogP contribution in [-0.2, 0) is 6.54 Å². The van der Waals surface area contributed by atoms with Crippen LogP contribution in [0.15, 0.2) is 24.3 Å². The summed E-state index contributed by atoms with van der Waals surface area (Å²) in [5, 5.41) is 3.44. The van der Waals surface area contributed by atoms with Crippen molar-refractivity contribution in [3.63, 3.8) is 0 Å². The molecule has 1 aliphatic rings. The van der Waals surface area contributed by atoms with E-state index < -0.39 is 0 Å². The molecular weight excluding hydrogens is 236 g/mol. The van der Waals surface area contributed by atoms with Crippen molar-refractivity contribution >= 4 is 5.91 Å². The van der Waals surface area contributed by atoms with Crippen LogP contribution < -0.4 is 11.1 Å². The summed E-state index contributed by atoms with van der Waals surface area (Å²) in [5.74, 6) is 0.614. The summed E-state index contributed by atoms with van der Waals surface area (Å²) in [6.45, 7) is 1.86. The van der Waals surface area contributed by atoms with Gasteiger partial charge in [0.2, 0.25) is 5.91 Å². The van der Waals surface area contributed by atoms with E-state index in [0.717, 1.165) is 24.6 Å². The largest absolute Gasteiger partial charge is 0.366 e.